The molecule has 2 aromatic carbocycles. The number of nitrogens with zero attached hydrogens (tertiary/aromatic N) is 1. The predicted octanol–water partition coefficient (Wildman–Crippen LogP) is 4.82. The molecule has 0 saturated carbocycles. The van der Waals surface area contributed by atoms with Gasteiger partial charge in [0.15, 0.2) is 0 Å². The van der Waals surface area contributed by atoms with Crippen molar-refractivity contribution in [2.24, 2.45) is 4.99 Å². The first kappa shape index (κ1) is 13.1. The number of aryl methyl sites for hydroxylation is 3. The lowest BCUT2D eigenvalue weighted by Gasteiger charge is -2.15. The van der Waals surface area contributed by atoms with Gasteiger partial charge in [0.1, 0.15) is 0 Å². The normalized spacial score (nSPS) is 15.1. The molecule has 0 amide bonds. The summed E-state index contributed by atoms with van der Waals surface area (Å²) in [5, 5.41) is 0. The molecule has 102 valence electrons. The topological polar surface area (TPSA) is 12.4 Å². The Bertz CT molecular complexity index is 625. The van der Waals surface area contributed by atoms with Crippen LogP contribution in [0, 0.1) is 6.92 Å². The molecule has 1 nitrogen and oxygen atoms in total. The number of rotatable bonds is 0. The Morgan fingerprint density at radius 1 is 0.850 bits per heavy atom. The van der Waals surface area contributed by atoms with E-state index >= 15 is 0 Å². The van der Waals surface area contributed by atoms with Crippen molar-refractivity contribution in [3.8, 4) is 0 Å². The third kappa shape index (κ3) is 2.98. The third-order valence-electron chi connectivity index (χ3n) is 4.04. The first-order valence-corrected chi connectivity index (χ1v) is 7.52. The van der Waals surface area contributed by atoms with Crippen LogP contribution >= 0.6 is 0 Å². The standard InChI is InChI=1S/C11H14.C8H7N/c1-9-6-7-10-4-2-3-5-11(10)8-9;1-2-4-8-7(3-1)5-6-9-8/h6-8H,2-5H2,1H3;1-4,6H,5H2. The number of hydrogen-bond acceptors (Lipinski definition) is 1. The van der Waals surface area contributed by atoms with E-state index in [1.807, 2.05) is 24.4 Å². The molecule has 0 bridgehead atoms. The van der Waals surface area contributed by atoms with E-state index in [1.54, 1.807) is 11.1 Å². The average Bonchev–Trinajstić information content (AvgIpc) is 2.96. The van der Waals surface area contributed by atoms with Gasteiger partial charge in [-0.15, -0.1) is 0 Å². The summed E-state index contributed by atoms with van der Waals surface area (Å²) in [5.41, 5.74) is 7.07. The van der Waals surface area contributed by atoms with Crippen LogP contribution in [0.5, 0.6) is 0 Å². The third-order valence-corrected chi connectivity index (χ3v) is 4.04. The molecule has 4 rings (SSSR count). The van der Waals surface area contributed by atoms with Crippen molar-refractivity contribution >= 4 is 11.9 Å². The summed E-state index contributed by atoms with van der Waals surface area (Å²) in [5.74, 6) is 0. The van der Waals surface area contributed by atoms with Crippen LogP contribution in [0.3, 0.4) is 0 Å². The smallest absolute Gasteiger partial charge is 0.0661 e. The lowest BCUT2D eigenvalue weighted by molar-refractivity contribution is 0.685. The Labute approximate surface area is 121 Å². The maximum Gasteiger partial charge on any atom is 0.0661 e. The van der Waals surface area contributed by atoms with Gasteiger partial charge in [0.05, 0.1) is 5.69 Å². The summed E-state index contributed by atoms with van der Waals surface area (Å²) < 4.78 is 0. The molecule has 1 aliphatic carbocycles. The zero-order valence-corrected chi connectivity index (χ0v) is 12.1. The largest absolute Gasteiger partial charge is 0.261 e. The summed E-state index contributed by atoms with van der Waals surface area (Å²) >= 11 is 0. The van der Waals surface area contributed by atoms with Crippen LogP contribution in [0.2, 0.25) is 0 Å². The second kappa shape index (κ2) is 6.04. The van der Waals surface area contributed by atoms with Crippen molar-refractivity contribution in [2.45, 2.75) is 39.0 Å². The number of hydrogen-bond donors (Lipinski definition) is 0. The molecule has 0 saturated heterocycles. The highest BCUT2D eigenvalue weighted by atomic mass is 14.7. The molecule has 2 aliphatic rings. The van der Waals surface area contributed by atoms with Crippen LogP contribution in [0.25, 0.3) is 0 Å². The zero-order chi connectivity index (χ0) is 13.8. The molecule has 0 radical (unpaired) electrons. The summed E-state index contributed by atoms with van der Waals surface area (Å²) in [6.07, 6.45) is 8.33. The van der Waals surface area contributed by atoms with E-state index < -0.39 is 0 Å². The molecular weight excluding hydrogens is 242 g/mol. The van der Waals surface area contributed by atoms with Crippen molar-refractivity contribution in [3.63, 3.8) is 0 Å². The van der Waals surface area contributed by atoms with Gasteiger partial charge in [0.25, 0.3) is 0 Å². The Morgan fingerprint density at radius 2 is 1.65 bits per heavy atom. The second-order valence-corrected chi connectivity index (χ2v) is 5.62. The maximum absolute atomic E-state index is 4.17. The van der Waals surface area contributed by atoms with Gasteiger partial charge in [0, 0.05) is 12.6 Å². The Hall–Kier alpha value is -1.89. The minimum atomic E-state index is 1.01. The molecule has 0 aromatic heterocycles. The van der Waals surface area contributed by atoms with Crippen molar-refractivity contribution in [1.82, 2.24) is 0 Å². The quantitative estimate of drug-likeness (QED) is 0.646. The van der Waals surface area contributed by atoms with Crippen molar-refractivity contribution in [2.75, 3.05) is 0 Å². The van der Waals surface area contributed by atoms with Crippen molar-refractivity contribution < 1.29 is 0 Å². The van der Waals surface area contributed by atoms with Gasteiger partial charge >= 0.3 is 0 Å². The number of benzene rings is 2. The summed E-state index contributed by atoms with van der Waals surface area (Å²) in [4.78, 5) is 4.17. The molecule has 0 atom stereocenters. The summed E-state index contributed by atoms with van der Waals surface area (Å²) in [6.45, 7) is 2.18. The van der Waals surface area contributed by atoms with E-state index in [0.29, 0.717) is 0 Å². The molecule has 2 aromatic rings. The zero-order valence-electron chi connectivity index (χ0n) is 12.1. The molecule has 1 aliphatic heterocycles. The fourth-order valence-electron chi connectivity index (χ4n) is 2.91. The molecular formula is C19H21N. The molecule has 1 heterocycles. The van der Waals surface area contributed by atoms with E-state index in [1.165, 1.54) is 36.8 Å². The highest BCUT2D eigenvalue weighted by Crippen LogP contribution is 2.22. The van der Waals surface area contributed by atoms with E-state index in [0.717, 1.165) is 12.1 Å². The highest BCUT2D eigenvalue weighted by molar-refractivity contribution is 5.75. The lowest BCUT2D eigenvalue weighted by atomic mass is 9.91. The van der Waals surface area contributed by atoms with Gasteiger partial charge in [-0.25, -0.2) is 0 Å². The minimum Gasteiger partial charge on any atom is -0.261 e. The monoisotopic (exact) mass is 263 g/mol. The molecule has 1 heteroatoms. The van der Waals surface area contributed by atoms with Crippen LogP contribution in [-0.4, -0.2) is 6.21 Å². The van der Waals surface area contributed by atoms with Crippen LogP contribution < -0.4 is 0 Å². The lowest BCUT2D eigenvalue weighted by Crippen LogP contribution is -2.01. The second-order valence-electron chi connectivity index (χ2n) is 5.62. The van der Waals surface area contributed by atoms with Gasteiger partial charge in [-0.05, 0) is 55.4 Å². The van der Waals surface area contributed by atoms with E-state index in [9.17, 15) is 0 Å². The summed E-state index contributed by atoms with van der Waals surface area (Å²) in [7, 11) is 0. The summed E-state index contributed by atoms with van der Waals surface area (Å²) in [6, 6.07) is 15.1. The molecule has 20 heavy (non-hydrogen) atoms. The first-order valence-electron chi connectivity index (χ1n) is 7.52. The van der Waals surface area contributed by atoms with Crippen molar-refractivity contribution in [1.29, 1.82) is 0 Å². The van der Waals surface area contributed by atoms with Gasteiger partial charge in [-0.1, -0.05) is 42.0 Å². The average molecular weight is 263 g/mol. The fraction of sp³-hybridized carbons (Fsp3) is 0.316. The fourth-order valence-corrected chi connectivity index (χ4v) is 2.91. The predicted molar refractivity (Wildman–Crippen MR) is 86.1 cm³/mol. The van der Waals surface area contributed by atoms with Crippen LogP contribution in [0.1, 0.15) is 35.1 Å². The molecule has 0 spiro atoms. The van der Waals surface area contributed by atoms with Gasteiger partial charge < -0.3 is 0 Å². The molecule has 0 unspecified atom stereocenters. The van der Waals surface area contributed by atoms with Crippen LogP contribution in [0.15, 0.2) is 47.5 Å². The number of fused-ring (bicyclic) bond motifs is 2. The van der Waals surface area contributed by atoms with Gasteiger partial charge in [0.2, 0.25) is 0 Å². The maximum atomic E-state index is 4.17. The Morgan fingerprint density at radius 3 is 2.50 bits per heavy atom. The Balaban J connectivity index is 0.000000123. The number of para-hydroxylation sites is 1. The SMILES string of the molecule is C1=Nc2ccccc2C1.Cc1ccc2c(c1)CCCC2. The first-order chi connectivity index (χ1) is 9.83. The number of aliphatic imine (C=N–C) groups is 1. The van der Waals surface area contributed by atoms with E-state index in [-0.39, 0.29) is 0 Å². The van der Waals surface area contributed by atoms with Gasteiger partial charge in [-0.3, -0.25) is 4.99 Å². The van der Waals surface area contributed by atoms with E-state index in [4.69, 9.17) is 0 Å². The van der Waals surface area contributed by atoms with Crippen LogP contribution in [0.4, 0.5) is 5.69 Å². The highest BCUT2D eigenvalue weighted by Gasteiger charge is 2.07. The van der Waals surface area contributed by atoms with Crippen molar-refractivity contribution in [3.05, 3.63) is 64.7 Å². The van der Waals surface area contributed by atoms with Crippen LogP contribution in [-0.2, 0) is 19.3 Å². The minimum absolute atomic E-state index is 1.01. The molecule has 0 N–H and O–H groups in total. The van der Waals surface area contributed by atoms with Gasteiger partial charge in [-0.2, -0.15) is 0 Å². The van der Waals surface area contributed by atoms with E-state index in [2.05, 4.69) is 36.2 Å². The Kier molecular flexibility index (Phi) is 3.96. The molecule has 0 fully saturated rings.